The van der Waals surface area contributed by atoms with Crippen LogP contribution in [-0.2, 0) is 16.1 Å². The third-order valence-electron chi connectivity index (χ3n) is 6.25. The molecule has 200 valence electrons. The van der Waals surface area contributed by atoms with E-state index in [4.69, 9.17) is 10.6 Å². The lowest BCUT2D eigenvalue weighted by atomic mass is 10.0. The molecular weight excluding hydrogens is 478 g/mol. The van der Waals surface area contributed by atoms with Crippen molar-refractivity contribution in [2.24, 2.45) is 5.84 Å². The predicted molar refractivity (Wildman–Crippen MR) is 151 cm³/mol. The second-order valence-corrected chi connectivity index (χ2v) is 9.83. The lowest BCUT2D eigenvalue weighted by Crippen LogP contribution is -2.38. The highest BCUT2D eigenvalue weighted by Crippen LogP contribution is 2.25. The minimum absolute atomic E-state index is 0.282. The zero-order valence-corrected chi connectivity index (χ0v) is 22.5. The van der Waals surface area contributed by atoms with E-state index in [1.807, 2.05) is 19.1 Å². The van der Waals surface area contributed by atoms with Gasteiger partial charge in [-0.2, -0.15) is 0 Å². The fourth-order valence-corrected chi connectivity index (χ4v) is 3.98. The zero-order valence-electron chi connectivity index (χ0n) is 22.5. The predicted octanol–water partition coefficient (Wildman–Crippen LogP) is 5.19. The average molecular weight is 516 g/mol. The second kappa shape index (κ2) is 12.9. The Balaban J connectivity index is 1.64. The number of rotatable bonds is 10. The number of hydrazine groups is 1. The van der Waals surface area contributed by atoms with Crippen molar-refractivity contribution in [2.45, 2.75) is 52.2 Å². The van der Waals surface area contributed by atoms with Crippen LogP contribution >= 0.6 is 0 Å². The molecule has 0 aromatic heterocycles. The number of hydrogen-bond donors (Lipinski definition) is 3. The standard InChI is InChI=1S/C31H37N3O4/c1-22-20-24(16-19-28(22)38-31(2,3)30(36)37)21-33-29(35)27(34(4)32)18-15-23-10-9-13-26(17-14-23)25-11-7-5-6-8-12-25/h5-7,9-12,14,16-20H,8,13,15,21,32H2,1-4H3,(H,33,35)(H,36,37)/b27-18-. The minimum Gasteiger partial charge on any atom is -0.478 e. The molecule has 1 aromatic carbocycles. The summed E-state index contributed by atoms with van der Waals surface area (Å²) in [5, 5.41) is 13.5. The summed E-state index contributed by atoms with van der Waals surface area (Å²) in [6.45, 7) is 5.13. The lowest BCUT2D eigenvalue weighted by Gasteiger charge is -2.23. The first-order valence-corrected chi connectivity index (χ1v) is 12.7. The highest BCUT2D eigenvalue weighted by molar-refractivity contribution is 5.92. The number of hydrogen-bond acceptors (Lipinski definition) is 5. The third-order valence-corrected chi connectivity index (χ3v) is 6.25. The molecule has 0 saturated carbocycles. The van der Waals surface area contributed by atoms with Crippen molar-refractivity contribution in [3.05, 3.63) is 113 Å². The third kappa shape index (κ3) is 7.95. The van der Waals surface area contributed by atoms with Crippen molar-refractivity contribution in [2.75, 3.05) is 7.05 Å². The minimum atomic E-state index is -1.34. The van der Waals surface area contributed by atoms with Gasteiger partial charge in [-0.15, -0.1) is 0 Å². The first-order chi connectivity index (χ1) is 18.1. The molecule has 4 N–H and O–H groups in total. The van der Waals surface area contributed by atoms with E-state index in [9.17, 15) is 14.7 Å². The summed E-state index contributed by atoms with van der Waals surface area (Å²) in [6.07, 6.45) is 23.2. The Hall–Kier alpha value is -4.10. The average Bonchev–Trinajstić information content (AvgIpc) is 3.27. The SMILES string of the molecule is Cc1cc(CNC(=O)/C(=C/CC2=CC=C(C3=CCC=CC=C3)CC=C2)N(C)N)ccc1OC(C)(C)C(=O)O. The van der Waals surface area contributed by atoms with Crippen molar-refractivity contribution in [1.82, 2.24) is 10.3 Å². The van der Waals surface area contributed by atoms with Gasteiger partial charge in [-0.1, -0.05) is 66.8 Å². The number of benzene rings is 1. The Morgan fingerprint density at radius 2 is 1.97 bits per heavy atom. The molecule has 0 spiro atoms. The normalized spacial score (nSPS) is 15.6. The molecule has 1 aromatic rings. The Bertz CT molecular complexity index is 1270. The molecule has 3 rings (SSSR count). The maximum Gasteiger partial charge on any atom is 0.347 e. The molecule has 0 unspecified atom stereocenters. The number of aryl methyl sites for hydroxylation is 1. The number of allylic oxidation sites excluding steroid dienone is 13. The number of ether oxygens (including phenoxy) is 1. The van der Waals surface area contributed by atoms with E-state index in [1.54, 1.807) is 19.2 Å². The number of likely N-dealkylation sites (N-methyl/N-ethyl adjacent to an activating group) is 1. The molecule has 0 aliphatic heterocycles. The van der Waals surface area contributed by atoms with E-state index in [2.05, 4.69) is 60.0 Å². The molecule has 0 fully saturated rings. The van der Waals surface area contributed by atoms with Crippen LogP contribution < -0.4 is 15.9 Å². The highest BCUT2D eigenvalue weighted by Gasteiger charge is 2.29. The first kappa shape index (κ1) is 28.5. The van der Waals surface area contributed by atoms with Crippen molar-refractivity contribution in [1.29, 1.82) is 0 Å². The molecule has 0 bridgehead atoms. The number of carbonyl (C=O) groups is 2. The van der Waals surface area contributed by atoms with E-state index in [0.717, 1.165) is 29.5 Å². The number of carboxylic acids is 1. The van der Waals surface area contributed by atoms with Gasteiger partial charge in [-0.05, 0) is 80.0 Å². The summed E-state index contributed by atoms with van der Waals surface area (Å²) in [7, 11) is 1.64. The number of carboxylic acid groups (broad SMARTS) is 1. The van der Waals surface area contributed by atoms with Gasteiger partial charge >= 0.3 is 5.97 Å². The van der Waals surface area contributed by atoms with E-state index >= 15 is 0 Å². The van der Waals surface area contributed by atoms with Gasteiger partial charge in [0.1, 0.15) is 11.4 Å². The van der Waals surface area contributed by atoms with Gasteiger partial charge in [-0.3, -0.25) is 4.79 Å². The number of aliphatic carboxylic acids is 1. The Morgan fingerprint density at radius 3 is 2.68 bits per heavy atom. The van der Waals surface area contributed by atoms with Crippen molar-refractivity contribution < 1.29 is 19.4 Å². The molecule has 0 saturated heterocycles. The summed E-state index contributed by atoms with van der Waals surface area (Å²) >= 11 is 0. The number of nitrogens with one attached hydrogen (secondary N) is 1. The van der Waals surface area contributed by atoms with E-state index in [1.165, 1.54) is 30.0 Å². The maximum absolute atomic E-state index is 12.9. The Labute approximate surface area is 225 Å². The molecule has 38 heavy (non-hydrogen) atoms. The van der Waals surface area contributed by atoms with Crippen LogP contribution in [0.5, 0.6) is 5.75 Å². The van der Waals surface area contributed by atoms with E-state index < -0.39 is 11.6 Å². The van der Waals surface area contributed by atoms with Gasteiger partial charge in [0.2, 0.25) is 0 Å². The molecule has 0 heterocycles. The number of carbonyl (C=O) groups excluding carboxylic acids is 1. The molecule has 0 radical (unpaired) electrons. The Morgan fingerprint density at radius 1 is 1.18 bits per heavy atom. The van der Waals surface area contributed by atoms with Gasteiger partial charge < -0.3 is 20.2 Å². The Kier molecular flexibility index (Phi) is 9.68. The molecule has 1 amide bonds. The molecule has 2 aliphatic carbocycles. The fraction of sp³-hybridized carbons (Fsp3) is 0.290. The highest BCUT2D eigenvalue weighted by atomic mass is 16.5. The fourth-order valence-electron chi connectivity index (χ4n) is 3.98. The van der Waals surface area contributed by atoms with Gasteiger partial charge in [0.05, 0.1) is 0 Å². The van der Waals surface area contributed by atoms with E-state index in [-0.39, 0.29) is 5.91 Å². The van der Waals surface area contributed by atoms with Crippen molar-refractivity contribution >= 4 is 11.9 Å². The summed E-state index contributed by atoms with van der Waals surface area (Å²) in [5.41, 5.74) is 4.24. The number of nitrogens with two attached hydrogens (primary N) is 1. The van der Waals surface area contributed by atoms with Crippen LogP contribution in [0.15, 0.2) is 101 Å². The van der Waals surface area contributed by atoms with Gasteiger partial charge in [0.15, 0.2) is 5.60 Å². The van der Waals surface area contributed by atoms with Gasteiger partial charge in [-0.25, -0.2) is 10.6 Å². The van der Waals surface area contributed by atoms with Crippen LogP contribution in [-0.4, -0.2) is 34.6 Å². The summed E-state index contributed by atoms with van der Waals surface area (Å²) < 4.78 is 5.65. The first-order valence-electron chi connectivity index (χ1n) is 12.7. The largest absolute Gasteiger partial charge is 0.478 e. The number of nitrogens with zero attached hydrogens (tertiary/aromatic N) is 1. The monoisotopic (exact) mass is 515 g/mol. The van der Waals surface area contributed by atoms with Crippen LogP contribution in [0.25, 0.3) is 0 Å². The topological polar surface area (TPSA) is 105 Å². The molecule has 2 aliphatic rings. The summed E-state index contributed by atoms with van der Waals surface area (Å²) in [5.74, 6) is 5.14. The molecule has 7 nitrogen and oxygen atoms in total. The van der Waals surface area contributed by atoms with Crippen LogP contribution in [0.3, 0.4) is 0 Å². The zero-order chi connectivity index (χ0) is 27.7. The van der Waals surface area contributed by atoms with Crippen LogP contribution in [0, 0.1) is 6.92 Å². The smallest absolute Gasteiger partial charge is 0.347 e. The summed E-state index contributed by atoms with van der Waals surface area (Å²) in [4.78, 5) is 24.3. The maximum atomic E-state index is 12.9. The number of amides is 1. The van der Waals surface area contributed by atoms with Crippen LogP contribution in [0.4, 0.5) is 0 Å². The molecular formula is C31H37N3O4. The van der Waals surface area contributed by atoms with Crippen LogP contribution in [0.2, 0.25) is 0 Å². The second-order valence-electron chi connectivity index (χ2n) is 9.83. The van der Waals surface area contributed by atoms with Gasteiger partial charge in [0.25, 0.3) is 5.91 Å². The summed E-state index contributed by atoms with van der Waals surface area (Å²) in [6, 6.07) is 5.39. The van der Waals surface area contributed by atoms with Crippen molar-refractivity contribution in [3.8, 4) is 5.75 Å². The van der Waals surface area contributed by atoms with Crippen molar-refractivity contribution in [3.63, 3.8) is 0 Å². The van der Waals surface area contributed by atoms with Crippen LogP contribution in [0.1, 0.15) is 44.2 Å². The lowest BCUT2D eigenvalue weighted by molar-refractivity contribution is -0.152. The van der Waals surface area contributed by atoms with E-state index in [0.29, 0.717) is 24.4 Å². The molecule has 0 atom stereocenters. The molecule has 7 heteroatoms. The quantitative estimate of drug-likeness (QED) is 0.225. The van der Waals surface area contributed by atoms with Gasteiger partial charge in [0, 0.05) is 13.6 Å².